The van der Waals surface area contributed by atoms with E-state index in [0.29, 0.717) is 0 Å². The molecule has 3 heteroatoms. The molecule has 1 aromatic heterocycles. The summed E-state index contributed by atoms with van der Waals surface area (Å²) >= 11 is 0. The fraction of sp³-hybridized carbons (Fsp3) is 0.0164. The summed E-state index contributed by atoms with van der Waals surface area (Å²) in [7, 11) is 0. The lowest BCUT2D eigenvalue weighted by Gasteiger charge is -2.46. The molecule has 0 fully saturated rings. The SMILES string of the molecule is c1ccc(-c2ccc(N(c3ccc(-c4ccccc4)cc3)c3ccc(N4c5ccccc5C(c5ccccc5)(c5ccc6oc7ccccc7c6c5)c5ccccc54)cc3)cc2)cc1. The minimum Gasteiger partial charge on any atom is -0.456 e. The van der Waals surface area contributed by atoms with Crippen molar-refractivity contribution in [1.82, 2.24) is 0 Å². The van der Waals surface area contributed by atoms with Crippen LogP contribution in [0.2, 0.25) is 0 Å². The zero-order valence-corrected chi connectivity index (χ0v) is 35.1. The molecule has 0 aliphatic carbocycles. The lowest BCUT2D eigenvalue weighted by atomic mass is 9.62. The van der Waals surface area contributed by atoms with Crippen molar-refractivity contribution in [1.29, 1.82) is 0 Å². The Labute approximate surface area is 373 Å². The highest BCUT2D eigenvalue weighted by Gasteiger charge is 2.46. The van der Waals surface area contributed by atoms with Crippen LogP contribution in [0, 0.1) is 0 Å². The molecule has 12 rings (SSSR count). The summed E-state index contributed by atoms with van der Waals surface area (Å²) in [5.41, 5.74) is 17.4. The van der Waals surface area contributed by atoms with Crippen LogP contribution in [0.5, 0.6) is 0 Å². The summed E-state index contributed by atoms with van der Waals surface area (Å²) in [6.45, 7) is 0. The van der Waals surface area contributed by atoms with Crippen LogP contribution in [-0.2, 0) is 5.41 Å². The first-order valence-electron chi connectivity index (χ1n) is 21.9. The number of hydrogen-bond donors (Lipinski definition) is 0. The van der Waals surface area contributed by atoms with Gasteiger partial charge in [-0.2, -0.15) is 0 Å². The molecule has 0 unspecified atom stereocenters. The predicted octanol–water partition coefficient (Wildman–Crippen LogP) is 16.6. The fourth-order valence-electron chi connectivity index (χ4n) is 10.0. The molecule has 11 aromatic rings. The van der Waals surface area contributed by atoms with Crippen LogP contribution >= 0.6 is 0 Å². The average molecular weight is 819 g/mol. The maximum Gasteiger partial charge on any atom is 0.135 e. The van der Waals surface area contributed by atoms with Gasteiger partial charge in [-0.15, -0.1) is 0 Å². The Balaban J connectivity index is 0.997. The van der Waals surface area contributed by atoms with Gasteiger partial charge in [-0.1, -0.05) is 176 Å². The lowest BCUT2D eigenvalue weighted by molar-refractivity contribution is 0.667. The molecule has 1 aliphatic rings. The van der Waals surface area contributed by atoms with Crippen molar-refractivity contribution < 1.29 is 4.42 Å². The molecule has 0 saturated carbocycles. The van der Waals surface area contributed by atoms with Crippen LogP contribution in [0.15, 0.2) is 259 Å². The number of hydrogen-bond acceptors (Lipinski definition) is 3. The molecule has 0 saturated heterocycles. The molecule has 0 atom stereocenters. The van der Waals surface area contributed by atoms with Gasteiger partial charge in [0.2, 0.25) is 0 Å². The van der Waals surface area contributed by atoms with Gasteiger partial charge in [0.1, 0.15) is 11.2 Å². The van der Waals surface area contributed by atoms with Crippen LogP contribution in [0.4, 0.5) is 34.1 Å². The van der Waals surface area contributed by atoms with E-state index in [9.17, 15) is 0 Å². The van der Waals surface area contributed by atoms with E-state index < -0.39 is 5.41 Å². The van der Waals surface area contributed by atoms with E-state index in [1.165, 1.54) is 44.5 Å². The Morgan fingerprint density at radius 2 is 0.766 bits per heavy atom. The highest BCUT2D eigenvalue weighted by Crippen LogP contribution is 2.58. The fourth-order valence-corrected chi connectivity index (χ4v) is 10.0. The van der Waals surface area contributed by atoms with Crippen LogP contribution in [0.25, 0.3) is 44.2 Å². The third kappa shape index (κ3) is 6.13. The molecule has 10 aromatic carbocycles. The van der Waals surface area contributed by atoms with Crippen molar-refractivity contribution in [2.75, 3.05) is 9.80 Å². The van der Waals surface area contributed by atoms with E-state index in [4.69, 9.17) is 4.42 Å². The summed E-state index contributed by atoms with van der Waals surface area (Å²) in [4.78, 5) is 4.79. The van der Waals surface area contributed by atoms with E-state index in [1.807, 2.05) is 6.07 Å². The smallest absolute Gasteiger partial charge is 0.135 e. The minimum atomic E-state index is -0.619. The van der Waals surface area contributed by atoms with Crippen molar-refractivity contribution in [3.63, 3.8) is 0 Å². The number of furan rings is 1. The van der Waals surface area contributed by atoms with Crippen molar-refractivity contribution in [2.24, 2.45) is 0 Å². The molecule has 0 radical (unpaired) electrons. The van der Waals surface area contributed by atoms with E-state index in [-0.39, 0.29) is 0 Å². The Morgan fingerprint density at radius 3 is 1.33 bits per heavy atom. The van der Waals surface area contributed by atoms with Gasteiger partial charge in [0, 0.05) is 33.5 Å². The Bertz CT molecular complexity index is 3280. The Kier molecular flexibility index (Phi) is 9.05. The zero-order valence-electron chi connectivity index (χ0n) is 35.1. The van der Waals surface area contributed by atoms with Gasteiger partial charge >= 0.3 is 0 Å². The number of anilines is 6. The zero-order chi connectivity index (χ0) is 42.5. The molecule has 0 N–H and O–H groups in total. The average Bonchev–Trinajstić information content (AvgIpc) is 3.75. The summed E-state index contributed by atoms with van der Waals surface area (Å²) in [6, 6.07) is 92.0. The van der Waals surface area contributed by atoms with E-state index in [0.717, 1.165) is 56.1 Å². The van der Waals surface area contributed by atoms with Gasteiger partial charge in [0.25, 0.3) is 0 Å². The van der Waals surface area contributed by atoms with Gasteiger partial charge in [-0.3, -0.25) is 0 Å². The molecule has 1 aliphatic heterocycles. The molecule has 0 amide bonds. The third-order valence-electron chi connectivity index (χ3n) is 12.9. The largest absolute Gasteiger partial charge is 0.456 e. The van der Waals surface area contributed by atoms with E-state index >= 15 is 0 Å². The molecule has 3 nitrogen and oxygen atoms in total. The number of benzene rings is 10. The van der Waals surface area contributed by atoms with Crippen molar-refractivity contribution >= 4 is 56.1 Å². The molecular weight excluding hydrogens is 777 g/mol. The Hall–Kier alpha value is -8.40. The van der Waals surface area contributed by atoms with Crippen LogP contribution in [0.3, 0.4) is 0 Å². The second-order valence-corrected chi connectivity index (χ2v) is 16.5. The van der Waals surface area contributed by atoms with Crippen LogP contribution in [0.1, 0.15) is 22.3 Å². The number of fused-ring (bicyclic) bond motifs is 5. The van der Waals surface area contributed by atoms with Gasteiger partial charge in [0.05, 0.1) is 16.8 Å². The summed E-state index contributed by atoms with van der Waals surface area (Å²) in [5.74, 6) is 0. The third-order valence-corrected chi connectivity index (χ3v) is 12.9. The highest BCUT2D eigenvalue weighted by molar-refractivity contribution is 6.05. The van der Waals surface area contributed by atoms with Crippen LogP contribution < -0.4 is 9.80 Å². The van der Waals surface area contributed by atoms with Gasteiger partial charge in [-0.05, 0) is 123 Å². The molecule has 302 valence electrons. The van der Waals surface area contributed by atoms with Crippen molar-refractivity contribution in [2.45, 2.75) is 5.41 Å². The molecule has 0 spiro atoms. The standard InChI is InChI=1S/C61H42N2O/c1-4-16-43(17-5-1)45-28-33-49(34-29-45)62(50-35-30-46(31-36-50)44-18-6-2-7-19-44)51-37-39-52(40-38-51)63-57-25-13-11-23-55(57)61(47-20-8-3-9-21-47,56-24-12-14-26-58(56)63)48-32-41-60-54(42-48)53-22-10-15-27-59(53)64-60/h1-42H. The molecule has 2 heterocycles. The van der Waals surface area contributed by atoms with Crippen molar-refractivity contribution in [3.05, 3.63) is 277 Å². The number of nitrogens with zero attached hydrogens (tertiary/aromatic N) is 2. The van der Waals surface area contributed by atoms with E-state index in [1.54, 1.807) is 0 Å². The summed E-state index contributed by atoms with van der Waals surface area (Å²) in [5, 5.41) is 2.24. The normalized spacial score (nSPS) is 12.8. The molecule has 0 bridgehead atoms. The first-order valence-corrected chi connectivity index (χ1v) is 21.9. The van der Waals surface area contributed by atoms with E-state index in [2.05, 4.69) is 259 Å². The second-order valence-electron chi connectivity index (χ2n) is 16.5. The Morgan fingerprint density at radius 1 is 0.328 bits per heavy atom. The van der Waals surface area contributed by atoms with Crippen LogP contribution in [-0.4, -0.2) is 0 Å². The summed E-state index contributed by atoms with van der Waals surface area (Å²) < 4.78 is 6.37. The monoisotopic (exact) mass is 818 g/mol. The first kappa shape index (κ1) is 37.4. The minimum absolute atomic E-state index is 0.619. The second kappa shape index (κ2) is 15.5. The number of rotatable bonds is 8. The predicted molar refractivity (Wildman–Crippen MR) is 266 cm³/mol. The maximum absolute atomic E-state index is 6.37. The van der Waals surface area contributed by atoms with Gasteiger partial charge in [-0.25, -0.2) is 0 Å². The van der Waals surface area contributed by atoms with Crippen molar-refractivity contribution in [3.8, 4) is 22.3 Å². The summed E-state index contributed by atoms with van der Waals surface area (Å²) in [6.07, 6.45) is 0. The lowest BCUT2D eigenvalue weighted by Crippen LogP contribution is -2.37. The van der Waals surface area contributed by atoms with Gasteiger partial charge in [0.15, 0.2) is 0 Å². The molecular formula is C61H42N2O. The number of para-hydroxylation sites is 3. The maximum atomic E-state index is 6.37. The molecule has 64 heavy (non-hydrogen) atoms. The highest BCUT2D eigenvalue weighted by atomic mass is 16.3. The first-order chi connectivity index (χ1) is 31.7. The van der Waals surface area contributed by atoms with Gasteiger partial charge < -0.3 is 14.2 Å². The quantitative estimate of drug-likeness (QED) is 0.152. The topological polar surface area (TPSA) is 19.6 Å².